The lowest BCUT2D eigenvalue weighted by molar-refractivity contribution is 0.221. The van der Waals surface area contributed by atoms with Crippen LogP contribution < -0.4 is 9.64 Å². The molecule has 1 aliphatic rings. The van der Waals surface area contributed by atoms with Gasteiger partial charge >= 0.3 is 0 Å². The summed E-state index contributed by atoms with van der Waals surface area (Å²) in [6, 6.07) is 1.94. The molecule has 0 N–H and O–H groups in total. The zero-order valence-electron chi connectivity index (χ0n) is 11.5. The molecule has 0 saturated carbocycles. The maximum absolute atomic E-state index is 5.92. The Morgan fingerprint density at radius 2 is 2.25 bits per heavy atom. The monoisotopic (exact) mass is 290 g/mol. The third-order valence-electron chi connectivity index (χ3n) is 3.68. The number of hydrogen-bond acceptors (Lipinski definition) is 6. The fourth-order valence-electron chi connectivity index (χ4n) is 2.43. The SMILES string of the molecule is Cc1cnccc1OCC1CCN(c2nncs2)CC1. The molecule has 0 radical (unpaired) electrons. The summed E-state index contributed by atoms with van der Waals surface area (Å²) in [5, 5.41) is 9.06. The number of ether oxygens (including phenoxy) is 1. The first-order chi connectivity index (χ1) is 9.83. The molecular weight excluding hydrogens is 272 g/mol. The van der Waals surface area contributed by atoms with Gasteiger partial charge in [0, 0.05) is 31.0 Å². The first-order valence-electron chi connectivity index (χ1n) is 6.87. The summed E-state index contributed by atoms with van der Waals surface area (Å²) < 4.78 is 5.92. The minimum atomic E-state index is 0.617. The molecule has 0 aliphatic carbocycles. The van der Waals surface area contributed by atoms with Gasteiger partial charge in [-0.2, -0.15) is 0 Å². The molecule has 2 aromatic rings. The molecule has 106 valence electrons. The van der Waals surface area contributed by atoms with Crippen molar-refractivity contribution >= 4 is 16.5 Å². The van der Waals surface area contributed by atoms with E-state index < -0.39 is 0 Å². The lowest BCUT2D eigenvalue weighted by Crippen LogP contribution is -2.35. The minimum absolute atomic E-state index is 0.617. The highest BCUT2D eigenvalue weighted by Crippen LogP contribution is 2.25. The summed E-state index contributed by atoms with van der Waals surface area (Å²) in [7, 11) is 0. The molecule has 0 spiro atoms. The van der Waals surface area contributed by atoms with Gasteiger partial charge in [0.25, 0.3) is 0 Å². The van der Waals surface area contributed by atoms with Crippen LogP contribution in [0.5, 0.6) is 5.75 Å². The molecule has 3 rings (SSSR count). The number of rotatable bonds is 4. The van der Waals surface area contributed by atoms with Gasteiger partial charge in [0.1, 0.15) is 11.3 Å². The van der Waals surface area contributed by atoms with Crippen LogP contribution in [0.1, 0.15) is 18.4 Å². The maximum atomic E-state index is 5.92. The van der Waals surface area contributed by atoms with Crippen LogP contribution in [0.2, 0.25) is 0 Å². The highest BCUT2D eigenvalue weighted by Gasteiger charge is 2.21. The van der Waals surface area contributed by atoms with Crippen molar-refractivity contribution in [1.82, 2.24) is 15.2 Å². The van der Waals surface area contributed by atoms with E-state index in [9.17, 15) is 0 Å². The van der Waals surface area contributed by atoms with Crippen molar-refractivity contribution in [2.45, 2.75) is 19.8 Å². The van der Waals surface area contributed by atoms with E-state index in [2.05, 4.69) is 20.1 Å². The Morgan fingerprint density at radius 3 is 2.95 bits per heavy atom. The van der Waals surface area contributed by atoms with Crippen LogP contribution in [-0.4, -0.2) is 34.9 Å². The number of aryl methyl sites for hydroxylation is 1. The Bertz CT molecular complexity index is 538. The number of pyridine rings is 1. The van der Waals surface area contributed by atoms with Crippen LogP contribution in [0.4, 0.5) is 5.13 Å². The maximum Gasteiger partial charge on any atom is 0.208 e. The predicted molar refractivity (Wildman–Crippen MR) is 79.3 cm³/mol. The van der Waals surface area contributed by atoms with E-state index in [1.165, 1.54) is 0 Å². The Labute approximate surface area is 122 Å². The Morgan fingerprint density at radius 1 is 1.40 bits per heavy atom. The zero-order valence-corrected chi connectivity index (χ0v) is 12.3. The molecule has 0 bridgehead atoms. The standard InChI is InChI=1S/C14H18N4OS/c1-11-8-15-5-2-13(11)19-9-12-3-6-18(7-4-12)14-17-16-10-20-14/h2,5,8,10,12H,3-4,6-7,9H2,1H3. The molecule has 0 unspecified atom stereocenters. The number of anilines is 1. The molecule has 0 atom stereocenters. The van der Waals surface area contributed by atoms with E-state index in [4.69, 9.17) is 4.74 Å². The van der Waals surface area contributed by atoms with E-state index in [1.807, 2.05) is 19.2 Å². The summed E-state index contributed by atoms with van der Waals surface area (Å²) in [6.07, 6.45) is 5.90. The van der Waals surface area contributed by atoms with Gasteiger partial charge in [0.2, 0.25) is 5.13 Å². The lowest BCUT2D eigenvalue weighted by Gasteiger charge is -2.31. The van der Waals surface area contributed by atoms with Crippen LogP contribution in [0.25, 0.3) is 0 Å². The fraction of sp³-hybridized carbons (Fsp3) is 0.500. The highest BCUT2D eigenvalue weighted by atomic mass is 32.1. The second-order valence-corrected chi connectivity index (χ2v) is 5.92. The summed E-state index contributed by atoms with van der Waals surface area (Å²) in [5.41, 5.74) is 2.88. The minimum Gasteiger partial charge on any atom is -0.493 e. The van der Waals surface area contributed by atoms with E-state index in [0.717, 1.165) is 49.0 Å². The number of aromatic nitrogens is 3. The largest absolute Gasteiger partial charge is 0.493 e. The van der Waals surface area contributed by atoms with E-state index in [0.29, 0.717) is 5.92 Å². The number of hydrogen-bond donors (Lipinski definition) is 0. The average molecular weight is 290 g/mol. The third-order valence-corrected chi connectivity index (χ3v) is 4.43. The molecule has 0 aromatic carbocycles. The van der Waals surface area contributed by atoms with E-state index in [-0.39, 0.29) is 0 Å². The predicted octanol–water partition coefficient (Wildman–Crippen LogP) is 2.54. The van der Waals surface area contributed by atoms with Gasteiger partial charge in [-0.1, -0.05) is 11.3 Å². The molecule has 20 heavy (non-hydrogen) atoms. The van der Waals surface area contributed by atoms with Crippen LogP contribution in [0, 0.1) is 12.8 Å². The van der Waals surface area contributed by atoms with Crippen LogP contribution in [-0.2, 0) is 0 Å². The Hall–Kier alpha value is -1.69. The lowest BCUT2D eigenvalue weighted by atomic mass is 9.98. The first-order valence-corrected chi connectivity index (χ1v) is 7.75. The molecule has 0 amide bonds. The second kappa shape index (κ2) is 6.17. The second-order valence-electron chi connectivity index (χ2n) is 5.10. The molecule has 1 fully saturated rings. The van der Waals surface area contributed by atoms with Crippen molar-refractivity contribution < 1.29 is 4.74 Å². The molecule has 3 heterocycles. The van der Waals surface area contributed by atoms with Gasteiger partial charge < -0.3 is 9.64 Å². The molecule has 1 aliphatic heterocycles. The van der Waals surface area contributed by atoms with Crippen molar-refractivity contribution in [1.29, 1.82) is 0 Å². The van der Waals surface area contributed by atoms with Gasteiger partial charge in [0.05, 0.1) is 6.61 Å². The normalized spacial score (nSPS) is 16.4. The quantitative estimate of drug-likeness (QED) is 0.866. The number of piperidine rings is 1. The van der Waals surface area contributed by atoms with Crippen LogP contribution in [0.3, 0.4) is 0 Å². The highest BCUT2D eigenvalue weighted by molar-refractivity contribution is 7.13. The molecule has 1 saturated heterocycles. The molecule has 6 heteroatoms. The van der Waals surface area contributed by atoms with Gasteiger partial charge in [-0.3, -0.25) is 4.98 Å². The summed E-state index contributed by atoms with van der Waals surface area (Å²) in [4.78, 5) is 6.39. The van der Waals surface area contributed by atoms with Gasteiger partial charge in [-0.05, 0) is 31.7 Å². The van der Waals surface area contributed by atoms with Crippen LogP contribution >= 0.6 is 11.3 Å². The van der Waals surface area contributed by atoms with Gasteiger partial charge in [-0.15, -0.1) is 10.2 Å². The topological polar surface area (TPSA) is 51.1 Å². The average Bonchev–Trinajstić information content (AvgIpc) is 3.01. The smallest absolute Gasteiger partial charge is 0.208 e. The summed E-state index contributed by atoms with van der Waals surface area (Å²) in [6.45, 7) is 4.90. The van der Waals surface area contributed by atoms with Gasteiger partial charge in [-0.25, -0.2) is 0 Å². The molecule has 5 nitrogen and oxygen atoms in total. The third kappa shape index (κ3) is 3.07. The molecule has 2 aromatic heterocycles. The fourth-order valence-corrected chi connectivity index (χ4v) is 3.04. The first kappa shape index (κ1) is 13.3. The van der Waals surface area contributed by atoms with Crippen molar-refractivity contribution in [3.05, 3.63) is 29.5 Å². The Kier molecular flexibility index (Phi) is 4.11. The van der Waals surface area contributed by atoms with E-state index in [1.54, 1.807) is 23.0 Å². The molecular formula is C14H18N4OS. The Balaban J connectivity index is 1.48. The number of nitrogens with zero attached hydrogens (tertiary/aromatic N) is 4. The zero-order chi connectivity index (χ0) is 13.8. The van der Waals surface area contributed by atoms with Gasteiger partial charge in [0.15, 0.2) is 0 Å². The van der Waals surface area contributed by atoms with Crippen molar-refractivity contribution in [2.24, 2.45) is 5.92 Å². The van der Waals surface area contributed by atoms with E-state index >= 15 is 0 Å². The van der Waals surface area contributed by atoms with Crippen molar-refractivity contribution in [2.75, 3.05) is 24.6 Å². The summed E-state index contributed by atoms with van der Waals surface area (Å²) in [5.74, 6) is 1.57. The van der Waals surface area contributed by atoms with Crippen LogP contribution in [0.15, 0.2) is 24.0 Å². The van der Waals surface area contributed by atoms with Crippen molar-refractivity contribution in [3.63, 3.8) is 0 Å². The van der Waals surface area contributed by atoms with Crippen molar-refractivity contribution in [3.8, 4) is 5.75 Å². The summed E-state index contributed by atoms with van der Waals surface area (Å²) >= 11 is 1.61.